The van der Waals surface area contributed by atoms with Crippen LogP contribution < -0.4 is 4.72 Å². The summed E-state index contributed by atoms with van der Waals surface area (Å²) in [6.45, 7) is 1.21. The zero-order chi connectivity index (χ0) is 22.3. The summed E-state index contributed by atoms with van der Waals surface area (Å²) in [5, 5.41) is 9.25. The first-order valence-electron chi connectivity index (χ1n) is 10.1. The molecule has 3 rings (SSSR count). The van der Waals surface area contributed by atoms with Gasteiger partial charge in [0.15, 0.2) is 0 Å². The van der Waals surface area contributed by atoms with Crippen LogP contribution in [-0.4, -0.2) is 48.0 Å². The minimum Gasteiger partial charge on any atom is -0.481 e. The number of allylic oxidation sites excluding steroid dienone is 1. The summed E-state index contributed by atoms with van der Waals surface area (Å²) in [6.07, 6.45) is 9.57. The molecule has 0 amide bonds. The van der Waals surface area contributed by atoms with E-state index in [9.17, 15) is 13.2 Å². The topological polar surface area (TPSA) is 99.6 Å². The minimum absolute atomic E-state index is 0. The van der Waals surface area contributed by atoms with Crippen LogP contribution >= 0.6 is 24.0 Å². The summed E-state index contributed by atoms with van der Waals surface area (Å²) in [6, 6.07) is 9.77. The molecule has 1 aromatic heterocycles. The van der Waals surface area contributed by atoms with Crippen molar-refractivity contribution in [2.45, 2.75) is 49.2 Å². The minimum atomic E-state index is -3.66. The maximum Gasteiger partial charge on any atom is 0.303 e. The molecule has 0 radical (unpaired) electrons. The average Bonchev–Trinajstić information content (AvgIpc) is 3.08. The molecule has 0 aliphatic carbocycles. The Bertz CT molecular complexity index is 1000. The number of sulfonamides is 1. The molecule has 174 valence electrons. The molecule has 2 N–H and O–H groups in total. The van der Waals surface area contributed by atoms with Crippen LogP contribution in [0.5, 0.6) is 0 Å². The van der Waals surface area contributed by atoms with Crippen LogP contribution in [0.15, 0.2) is 65.8 Å². The fraction of sp³-hybridized carbons (Fsp3) is 0.364. The van der Waals surface area contributed by atoms with E-state index in [1.165, 1.54) is 12.1 Å². The lowest BCUT2D eigenvalue weighted by Gasteiger charge is -2.21. The van der Waals surface area contributed by atoms with Gasteiger partial charge >= 0.3 is 5.97 Å². The van der Waals surface area contributed by atoms with Crippen LogP contribution in [0.25, 0.3) is 0 Å². The number of carbonyl (C=O) groups is 1. The molecule has 0 spiro atoms. The Morgan fingerprint density at radius 2 is 2.03 bits per heavy atom. The van der Waals surface area contributed by atoms with Crippen molar-refractivity contribution in [2.75, 3.05) is 6.54 Å². The highest BCUT2D eigenvalue weighted by atomic mass is 35.5. The molecule has 0 saturated carbocycles. The molecule has 2 heterocycles. The smallest absolute Gasteiger partial charge is 0.303 e. The van der Waals surface area contributed by atoms with E-state index in [0.29, 0.717) is 37.4 Å². The molecule has 1 aliphatic rings. The van der Waals surface area contributed by atoms with E-state index in [2.05, 4.69) is 20.7 Å². The lowest BCUT2D eigenvalue weighted by molar-refractivity contribution is -0.137. The Labute approximate surface area is 200 Å². The van der Waals surface area contributed by atoms with Crippen molar-refractivity contribution < 1.29 is 18.3 Å². The largest absolute Gasteiger partial charge is 0.481 e. The molecule has 2 atom stereocenters. The van der Waals surface area contributed by atoms with Crippen molar-refractivity contribution in [3.63, 3.8) is 0 Å². The molecule has 0 unspecified atom stereocenters. The summed E-state index contributed by atoms with van der Waals surface area (Å²) in [7, 11) is -3.66. The number of carboxylic acids is 1. The zero-order valence-corrected chi connectivity index (χ0v) is 19.8. The number of nitrogens with zero attached hydrogens (tertiary/aromatic N) is 2. The molecule has 1 saturated heterocycles. The van der Waals surface area contributed by atoms with Gasteiger partial charge in [0.05, 0.1) is 4.90 Å². The van der Waals surface area contributed by atoms with Crippen molar-refractivity contribution in [1.29, 1.82) is 0 Å². The highest BCUT2D eigenvalue weighted by Gasteiger charge is 2.33. The van der Waals surface area contributed by atoms with Crippen molar-refractivity contribution in [3.05, 3.63) is 71.5 Å². The Morgan fingerprint density at radius 3 is 2.69 bits per heavy atom. The number of nitrogens with one attached hydrogen (secondary N) is 1. The van der Waals surface area contributed by atoms with Gasteiger partial charge in [0, 0.05) is 49.0 Å². The van der Waals surface area contributed by atoms with E-state index in [1.54, 1.807) is 24.5 Å². The summed E-state index contributed by atoms with van der Waals surface area (Å²) >= 11 is 5.87. The predicted molar refractivity (Wildman–Crippen MR) is 126 cm³/mol. The van der Waals surface area contributed by atoms with Gasteiger partial charge in [0.1, 0.15) is 0 Å². The summed E-state index contributed by atoms with van der Waals surface area (Å²) in [5.74, 6) is -0.802. The van der Waals surface area contributed by atoms with E-state index in [1.807, 2.05) is 18.2 Å². The molecule has 1 fully saturated rings. The number of unbranched alkanes of at least 4 members (excludes halogenated alkanes) is 1. The number of halogens is 2. The number of pyridine rings is 1. The first kappa shape index (κ1) is 26.3. The molecule has 0 bridgehead atoms. The first-order chi connectivity index (χ1) is 14.8. The van der Waals surface area contributed by atoms with Crippen LogP contribution in [-0.2, 0) is 21.4 Å². The maximum absolute atomic E-state index is 12.8. The Balaban J connectivity index is 0.00000363. The molecule has 7 nitrogen and oxygen atoms in total. The van der Waals surface area contributed by atoms with Gasteiger partial charge in [-0.25, -0.2) is 13.1 Å². The number of likely N-dealkylation sites (tertiary alicyclic amines) is 1. The third-order valence-corrected chi connectivity index (χ3v) is 6.91. The molecule has 1 aromatic carbocycles. The van der Waals surface area contributed by atoms with Gasteiger partial charge in [-0.1, -0.05) is 29.8 Å². The number of aromatic nitrogens is 1. The summed E-state index contributed by atoms with van der Waals surface area (Å²) < 4.78 is 28.4. The summed E-state index contributed by atoms with van der Waals surface area (Å²) in [4.78, 5) is 17.2. The van der Waals surface area contributed by atoms with Crippen LogP contribution in [0.3, 0.4) is 0 Å². The van der Waals surface area contributed by atoms with Crippen LogP contribution in [0.4, 0.5) is 0 Å². The lowest BCUT2D eigenvalue weighted by Crippen LogP contribution is -2.37. The van der Waals surface area contributed by atoms with E-state index in [4.69, 9.17) is 16.7 Å². The highest BCUT2D eigenvalue weighted by Crippen LogP contribution is 2.24. The van der Waals surface area contributed by atoms with Crippen LogP contribution in [0.2, 0.25) is 5.02 Å². The maximum atomic E-state index is 12.8. The normalized spacial score (nSPS) is 19.2. The number of rotatable bonds is 10. The standard InChI is InChI=1S/C22H26ClN3O4S.ClH/c23-18-8-10-21(11-9-18)31(29,30)25-19-13-20(6-2-1-3-7-22(27)28)26(16-19)15-17-5-4-12-24-14-17;/h2,4-6,8-12,14,19-20,25H,1,3,7,13,15-16H2,(H,27,28);1H/t19-,20-;/m1./s1. The fourth-order valence-electron chi connectivity index (χ4n) is 3.65. The van der Waals surface area contributed by atoms with Gasteiger partial charge in [-0.05, 0) is 55.2 Å². The van der Waals surface area contributed by atoms with Crippen LogP contribution in [0, 0.1) is 0 Å². The number of hydrogen-bond donors (Lipinski definition) is 2. The molecule has 1 aliphatic heterocycles. The molecule has 32 heavy (non-hydrogen) atoms. The van der Waals surface area contributed by atoms with Crippen molar-refractivity contribution in [1.82, 2.24) is 14.6 Å². The van der Waals surface area contributed by atoms with Gasteiger partial charge in [-0.3, -0.25) is 14.7 Å². The lowest BCUT2D eigenvalue weighted by atomic mass is 10.1. The number of aliphatic carboxylic acids is 1. The Kier molecular flexibility index (Phi) is 10.1. The zero-order valence-electron chi connectivity index (χ0n) is 17.4. The van der Waals surface area contributed by atoms with E-state index in [0.717, 1.165) is 5.56 Å². The van der Waals surface area contributed by atoms with Crippen molar-refractivity contribution in [2.24, 2.45) is 0 Å². The van der Waals surface area contributed by atoms with Gasteiger partial charge in [-0.15, -0.1) is 12.4 Å². The second kappa shape index (κ2) is 12.3. The highest BCUT2D eigenvalue weighted by molar-refractivity contribution is 7.89. The van der Waals surface area contributed by atoms with E-state index >= 15 is 0 Å². The van der Waals surface area contributed by atoms with Gasteiger partial charge in [0.25, 0.3) is 0 Å². The van der Waals surface area contributed by atoms with Gasteiger partial charge < -0.3 is 5.11 Å². The SMILES string of the molecule is Cl.O=C(O)CCCC=C[C@@H]1C[C@@H](NS(=O)(=O)c2ccc(Cl)cc2)CN1Cc1cccnc1. The van der Waals surface area contributed by atoms with E-state index in [-0.39, 0.29) is 35.8 Å². The van der Waals surface area contributed by atoms with Gasteiger partial charge in [-0.2, -0.15) is 0 Å². The van der Waals surface area contributed by atoms with Crippen LogP contribution in [0.1, 0.15) is 31.2 Å². The average molecular weight is 500 g/mol. The third kappa shape index (κ3) is 7.86. The van der Waals surface area contributed by atoms with Crippen molar-refractivity contribution >= 4 is 40.0 Å². The Morgan fingerprint density at radius 1 is 1.28 bits per heavy atom. The Hall–Kier alpha value is -1.97. The fourth-order valence-corrected chi connectivity index (χ4v) is 5.02. The molecular formula is C22H27Cl2N3O4S. The molecular weight excluding hydrogens is 473 g/mol. The van der Waals surface area contributed by atoms with E-state index < -0.39 is 16.0 Å². The number of carboxylic acid groups (broad SMARTS) is 1. The second-order valence-electron chi connectivity index (χ2n) is 7.58. The predicted octanol–water partition coefficient (Wildman–Crippen LogP) is 3.89. The molecule has 10 heteroatoms. The first-order valence-corrected chi connectivity index (χ1v) is 12.0. The second-order valence-corrected chi connectivity index (χ2v) is 9.73. The molecule has 2 aromatic rings. The number of benzene rings is 1. The van der Waals surface area contributed by atoms with Gasteiger partial charge in [0.2, 0.25) is 10.0 Å². The monoisotopic (exact) mass is 499 g/mol. The van der Waals surface area contributed by atoms with Crippen molar-refractivity contribution in [3.8, 4) is 0 Å². The quantitative estimate of drug-likeness (QED) is 0.379. The summed E-state index contributed by atoms with van der Waals surface area (Å²) in [5.41, 5.74) is 1.05. The number of hydrogen-bond acceptors (Lipinski definition) is 5. The third-order valence-electron chi connectivity index (χ3n) is 5.12.